The van der Waals surface area contributed by atoms with Crippen LogP contribution in [0.3, 0.4) is 0 Å². The van der Waals surface area contributed by atoms with Crippen LogP contribution in [0.15, 0.2) is 0 Å². The third-order valence-electron chi connectivity index (χ3n) is 13.8. The number of aliphatic hydroxyl groups excluding tert-OH is 2. The third-order valence-corrected chi connectivity index (χ3v) is 13.8. The van der Waals surface area contributed by atoms with Gasteiger partial charge in [0.15, 0.2) is 18.4 Å². The molecule has 0 saturated carbocycles. The third kappa shape index (κ3) is 10.3. The van der Waals surface area contributed by atoms with Crippen molar-refractivity contribution in [2.45, 2.75) is 192 Å². The number of carbonyl (C=O) groups is 2. The summed E-state index contributed by atoms with van der Waals surface area (Å²) in [7, 11) is 7.41. The van der Waals surface area contributed by atoms with Crippen LogP contribution in [0, 0.1) is 23.7 Å². The number of esters is 1. The highest BCUT2D eigenvalue weighted by atomic mass is 16.7. The second-order valence-corrected chi connectivity index (χ2v) is 18.6. The van der Waals surface area contributed by atoms with Crippen LogP contribution in [-0.4, -0.2) is 162 Å². The Kier molecular flexibility index (Phi) is 16.0. The molecule has 0 amide bonds. The number of Topliss-reactive ketones (excluding diaryl/α,β-unsaturated/α-hetero) is 1. The molecular weight excluding hydrogens is 724 g/mol. The smallest absolute Gasteiger partial charge is 0.311 e. The van der Waals surface area contributed by atoms with Crippen LogP contribution < -0.4 is 0 Å². The number of ketones is 1. The lowest BCUT2D eigenvalue weighted by atomic mass is 9.73. The molecule has 0 unspecified atom stereocenters. The van der Waals surface area contributed by atoms with Crippen molar-refractivity contribution in [2.75, 3.05) is 41.4 Å². The SMILES string of the molecule is CC[C@H]1OC(=O)[C@H](C)[C@@H](O[C@H]2C[C@@](C)(OC)[C@@H](O)[C@H](C)O2)[C@H](C)[C@@H](O[C@@H]2O[C@H](C)C[C@H](N(C)C)[C@H]2O)[C@@]2(C)C[C@@H](C)N(C)C[C@H](C)[C@@H](CCC(=O)CO2)[C@]1(C)O. The predicted molar refractivity (Wildman–Crippen MR) is 210 cm³/mol. The number of likely N-dealkylation sites (N-methyl/N-ethyl adjacent to an activating group) is 1. The van der Waals surface area contributed by atoms with Crippen LogP contribution in [0.25, 0.3) is 0 Å². The van der Waals surface area contributed by atoms with Crippen molar-refractivity contribution in [1.82, 2.24) is 9.80 Å². The molecule has 18 atom stereocenters. The number of carbonyl (C=O) groups excluding carboxylic acids is 2. The van der Waals surface area contributed by atoms with E-state index in [1.54, 1.807) is 27.7 Å². The molecule has 0 aromatic heterocycles. The van der Waals surface area contributed by atoms with Gasteiger partial charge in [0.25, 0.3) is 0 Å². The number of rotatable bonds is 7. The molecular formula is C42H76N2O12. The Balaban J connectivity index is 1.94. The first-order valence-electron chi connectivity index (χ1n) is 21.0. The molecule has 3 N–H and O–H groups in total. The van der Waals surface area contributed by atoms with Crippen molar-refractivity contribution in [3.8, 4) is 0 Å². The maximum absolute atomic E-state index is 14.5. The fraction of sp³-hybridized carbons (Fsp3) is 0.952. The monoisotopic (exact) mass is 801 g/mol. The van der Waals surface area contributed by atoms with Gasteiger partial charge >= 0.3 is 5.97 Å². The second-order valence-electron chi connectivity index (χ2n) is 18.6. The average molecular weight is 801 g/mol. The van der Waals surface area contributed by atoms with Crippen LogP contribution in [0.2, 0.25) is 0 Å². The van der Waals surface area contributed by atoms with Crippen molar-refractivity contribution in [2.24, 2.45) is 23.7 Å². The van der Waals surface area contributed by atoms with Crippen molar-refractivity contribution >= 4 is 11.8 Å². The molecule has 0 radical (unpaired) electrons. The van der Waals surface area contributed by atoms with Crippen molar-refractivity contribution < 1.29 is 58.1 Å². The zero-order valence-electron chi connectivity index (χ0n) is 36.7. The molecule has 2 bridgehead atoms. The van der Waals surface area contributed by atoms with Gasteiger partial charge in [0, 0.05) is 44.5 Å². The van der Waals surface area contributed by atoms with Crippen LogP contribution in [0.1, 0.15) is 108 Å². The number of nitrogens with zero attached hydrogens (tertiary/aromatic N) is 2. The Morgan fingerprint density at radius 3 is 2.25 bits per heavy atom. The van der Waals surface area contributed by atoms with Gasteiger partial charge in [-0.15, -0.1) is 0 Å². The summed E-state index contributed by atoms with van der Waals surface area (Å²) in [5.74, 6) is -2.73. The Hall–Kier alpha value is -1.30. The molecule has 14 heteroatoms. The van der Waals surface area contributed by atoms with Gasteiger partial charge in [0.2, 0.25) is 0 Å². The summed E-state index contributed by atoms with van der Waals surface area (Å²) >= 11 is 0. The van der Waals surface area contributed by atoms with Crippen molar-refractivity contribution in [3.05, 3.63) is 0 Å². The van der Waals surface area contributed by atoms with Gasteiger partial charge < -0.3 is 58.3 Å². The fourth-order valence-electron chi connectivity index (χ4n) is 10.0. The number of ether oxygens (including phenoxy) is 7. The maximum Gasteiger partial charge on any atom is 0.311 e. The summed E-state index contributed by atoms with van der Waals surface area (Å²) in [6.07, 6.45) is -5.53. The molecule has 14 nitrogen and oxygen atoms in total. The number of hydrogen-bond donors (Lipinski definition) is 3. The van der Waals surface area contributed by atoms with Gasteiger partial charge in [-0.2, -0.15) is 0 Å². The number of fused-ring (bicyclic) bond motifs is 15. The van der Waals surface area contributed by atoms with Gasteiger partial charge in [-0.05, 0) is 107 Å². The maximum atomic E-state index is 14.5. The van der Waals surface area contributed by atoms with E-state index in [9.17, 15) is 24.9 Å². The minimum Gasteiger partial charge on any atom is -0.459 e. The van der Waals surface area contributed by atoms with E-state index >= 15 is 0 Å². The molecule has 0 spiro atoms. The lowest BCUT2D eigenvalue weighted by Crippen LogP contribution is -2.61. The van der Waals surface area contributed by atoms with E-state index in [0.717, 1.165) is 0 Å². The van der Waals surface area contributed by atoms with Gasteiger partial charge in [-0.3, -0.25) is 9.59 Å². The normalized spacial score (nSPS) is 48.4. The largest absolute Gasteiger partial charge is 0.459 e. The molecule has 5 saturated heterocycles. The molecule has 5 fully saturated rings. The van der Waals surface area contributed by atoms with E-state index in [-0.39, 0.29) is 55.3 Å². The lowest BCUT2D eigenvalue weighted by Gasteiger charge is -2.50. The molecule has 326 valence electrons. The molecule has 5 rings (SSSR count). The molecule has 56 heavy (non-hydrogen) atoms. The molecule has 5 aliphatic rings. The van der Waals surface area contributed by atoms with Crippen LogP contribution >= 0.6 is 0 Å². The van der Waals surface area contributed by atoms with E-state index in [2.05, 4.69) is 18.7 Å². The molecule has 0 aliphatic carbocycles. The standard InChI is InChI=1S/C42H76N2O12/c1-15-32-42(10,49)30-17-16-29(45)22-51-41(9,19-24(3)44(13)21-23(30)2)37(56-39-34(46)31(43(11)12)18-25(4)52-39)26(5)35(27(6)38(48)54-32)55-33-20-40(8,50-14)36(47)28(7)53-33/h23-28,30-37,39,46-47,49H,15-22H2,1-14H3/t23-,24+,25+,26-,27+,28-,30+,31-,32+,33-,34+,35-,36-,37+,39-,40+,41+,42-/m0/s1. The van der Waals surface area contributed by atoms with Gasteiger partial charge in [-0.25, -0.2) is 0 Å². The minimum absolute atomic E-state index is 0.0691. The van der Waals surface area contributed by atoms with E-state index in [4.69, 9.17) is 33.2 Å². The lowest BCUT2D eigenvalue weighted by molar-refractivity contribution is -0.320. The highest BCUT2D eigenvalue weighted by molar-refractivity contribution is 5.79. The molecule has 0 aromatic rings. The van der Waals surface area contributed by atoms with E-state index < -0.39 is 83.8 Å². The quantitative estimate of drug-likeness (QED) is 0.320. The second kappa shape index (κ2) is 19.0. The molecule has 5 aliphatic heterocycles. The Morgan fingerprint density at radius 2 is 1.64 bits per heavy atom. The summed E-state index contributed by atoms with van der Waals surface area (Å²) in [6.45, 7) is 19.3. The van der Waals surface area contributed by atoms with E-state index in [0.29, 0.717) is 32.2 Å². The summed E-state index contributed by atoms with van der Waals surface area (Å²) in [5.41, 5.74) is -3.65. The summed E-state index contributed by atoms with van der Waals surface area (Å²) < 4.78 is 45.4. The molecule has 5 heterocycles. The Morgan fingerprint density at radius 1 is 0.982 bits per heavy atom. The zero-order valence-corrected chi connectivity index (χ0v) is 36.7. The number of methoxy groups -OCH3 is 1. The van der Waals surface area contributed by atoms with Crippen LogP contribution in [-0.2, 0) is 42.7 Å². The zero-order chi connectivity index (χ0) is 42.1. The van der Waals surface area contributed by atoms with Gasteiger partial charge in [-0.1, -0.05) is 20.8 Å². The number of aliphatic hydroxyl groups is 3. The van der Waals surface area contributed by atoms with E-state index in [1.165, 1.54) is 7.11 Å². The fourth-order valence-corrected chi connectivity index (χ4v) is 10.0. The Bertz CT molecular complexity index is 1300. The van der Waals surface area contributed by atoms with Gasteiger partial charge in [0.1, 0.15) is 30.5 Å². The van der Waals surface area contributed by atoms with Crippen molar-refractivity contribution in [3.63, 3.8) is 0 Å². The summed E-state index contributed by atoms with van der Waals surface area (Å²) in [5, 5.41) is 35.2. The van der Waals surface area contributed by atoms with E-state index in [1.807, 2.05) is 53.7 Å². The Labute approximate surface area is 336 Å². The highest BCUT2D eigenvalue weighted by Crippen LogP contribution is 2.42. The summed E-state index contributed by atoms with van der Waals surface area (Å²) in [6, 6.07) is -0.359. The molecule has 0 aromatic carbocycles. The number of hydrogen-bond acceptors (Lipinski definition) is 14. The topological polar surface area (TPSA) is 166 Å². The first kappa shape index (κ1) is 47.4. The highest BCUT2D eigenvalue weighted by Gasteiger charge is 2.54. The van der Waals surface area contributed by atoms with Crippen LogP contribution in [0.5, 0.6) is 0 Å². The summed E-state index contributed by atoms with van der Waals surface area (Å²) in [4.78, 5) is 32.5. The van der Waals surface area contributed by atoms with Crippen molar-refractivity contribution in [1.29, 1.82) is 0 Å². The average Bonchev–Trinajstić information content (AvgIpc) is 3.12. The minimum atomic E-state index is -1.46. The van der Waals surface area contributed by atoms with Crippen LogP contribution in [0.4, 0.5) is 0 Å². The van der Waals surface area contributed by atoms with Gasteiger partial charge in [0.05, 0.1) is 41.5 Å². The predicted octanol–water partition coefficient (Wildman–Crippen LogP) is 3.54. The first-order chi connectivity index (χ1) is 26.0. The first-order valence-corrected chi connectivity index (χ1v) is 21.0.